The number of carbonyl (C=O) groups excluding carboxylic acids is 3. The van der Waals surface area contributed by atoms with Crippen LogP contribution in [0.25, 0.3) is 10.4 Å². The van der Waals surface area contributed by atoms with Crippen molar-refractivity contribution in [3.63, 3.8) is 0 Å². The van der Waals surface area contributed by atoms with E-state index < -0.39 is 0 Å². The molecule has 0 radical (unpaired) electrons. The van der Waals surface area contributed by atoms with Crippen LogP contribution in [0.15, 0.2) is 53.5 Å². The molecule has 9 nitrogen and oxygen atoms in total. The third kappa shape index (κ3) is 5.80. The van der Waals surface area contributed by atoms with Gasteiger partial charge in [0.1, 0.15) is 4.88 Å². The lowest BCUT2D eigenvalue weighted by atomic mass is 10.1. The first-order valence-electron chi connectivity index (χ1n) is 12.7. The summed E-state index contributed by atoms with van der Waals surface area (Å²) in [6.45, 7) is 1.03. The predicted molar refractivity (Wildman–Crippen MR) is 150 cm³/mol. The number of amides is 2. The SMILES string of the molecule is COC(=O)c1ccc(-c2ccc(NC(=O)CCCOc3cc4c(cc3OC)C(=O)N3CCC[C@H]3C=N4)cc2)s1. The molecular weight excluding hydrogens is 518 g/mol. The maximum Gasteiger partial charge on any atom is 0.348 e. The van der Waals surface area contributed by atoms with Crippen LogP contribution in [0.5, 0.6) is 11.5 Å². The minimum Gasteiger partial charge on any atom is -0.493 e. The third-order valence-electron chi connectivity index (χ3n) is 6.71. The van der Waals surface area contributed by atoms with Crippen molar-refractivity contribution in [3.05, 3.63) is 59.0 Å². The van der Waals surface area contributed by atoms with E-state index in [1.807, 2.05) is 41.4 Å². The molecule has 1 atom stereocenters. The fourth-order valence-electron chi connectivity index (χ4n) is 4.68. The molecule has 0 aliphatic carbocycles. The summed E-state index contributed by atoms with van der Waals surface area (Å²) < 4.78 is 16.2. The van der Waals surface area contributed by atoms with Gasteiger partial charge in [-0.2, -0.15) is 0 Å². The summed E-state index contributed by atoms with van der Waals surface area (Å²) in [5, 5.41) is 2.90. The van der Waals surface area contributed by atoms with Crippen molar-refractivity contribution in [1.82, 2.24) is 4.90 Å². The predicted octanol–water partition coefficient (Wildman–Crippen LogP) is 5.33. The smallest absolute Gasteiger partial charge is 0.348 e. The molecule has 202 valence electrons. The minimum absolute atomic E-state index is 0.0325. The number of aliphatic imine (C=N–C) groups is 1. The number of esters is 1. The summed E-state index contributed by atoms with van der Waals surface area (Å²) >= 11 is 1.35. The van der Waals surface area contributed by atoms with E-state index in [0.717, 1.165) is 29.8 Å². The average Bonchev–Trinajstić information content (AvgIpc) is 3.62. The van der Waals surface area contributed by atoms with E-state index in [2.05, 4.69) is 10.3 Å². The number of anilines is 1. The monoisotopic (exact) mass is 547 g/mol. The van der Waals surface area contributed by atoms with Crippen LogP contribution < -0.4 is 14.8 Å². The molecule has 2 aromatic carbocycles. The van der Waals surface area contributed by atoms with Crippen molar-refractivity contribution >= 4 is 46.7 Å². The van der Waals surface area contributed by atoms with Gasteiger partial charge in [0, 0.05) is 35.8 Å². The van der Waals surface area contributed by atoms with Crippen molar-refractivity contribution in [2.75, 3.05) is 32.7 Å². The lowest BCUT2D eigenvalue weighted by Gasteiger charge is -2.20. The third-order valence-corrected chi connectivity index (χ3v) is 7.82. The van der Waals surface area contributed by atoms with Gasteiger partial charge < -0.3 is 24.4 Å². The van der Waals surface area contributed by atoms with Crippen LogP contribution in [-0.4, -0.2) is 62.3 Å². The van der Waals surface area contributed by atoms with Crippen LogP contribution in [-0.2, 0) is 9.53 Å². The summed E-state index contributed by atoms with van der Waals surface area (Å²) in [6.07, 6.45) is 4.50. The molecule has 3 heterocycles. The molecular formula is C29H29N3O6S. The van der Waals surface area contributed by atoms with E-state index in [1.165, 1.54) is 25.6 Å². The lowest BCUT2D eigenvalue weighted by Crippen LogP contribution is -2.35. The standard InChI is InChI=1S/C29H29N3O6S/c1-36-23-15-21-22(30-17-20-5-3-13-32(20)28(21)34)16-24(23)38-14-4-6-27(33)31-19-9-7-18(8-10-19)25-11-12-26(39-25)29(35)37-2/h7-12,15-17,20H,3-6,13-14H2,1-2H3,(H,31,33)/t20-/m0/s1. The fraction of sp³-hybridized carbons (Fsp3) is 0.310. The molecule has 0 saturated carbocycles. The molecule has 2 aliphatic rings. The molecule has 2 amide bonds. The highest BCUT2D eigenvalue weighted by molar-refractivity contribution is 7.17. The van der Waals surface area contributed by atoms with E-state index in [1.54, 1.807) is 18.2 Å². The second-order valence-corrected chi connectivity index (χ2v) is 10.3. The van der Waals surface area contributed by atoms with E-state index in [0.29, 0.717) is 46.3 Å². The van der Waals surface area contributed by atoms with Crippen LogP contribution in [0.1, 0.15) is 45.7 Å². The normalized spacial score (nSPS) is 15.8. The zero-order chi connectivity index (χ0) is 27.4. The van der Waals surface area contributed by atoms with Crippen LogP contribution in [0, 0.1) is 0 Å². The summed E-state index contributed by atoms with van der Waals surface area (Å²) in [5.41, 5.74) is 2.70. The summed E-state index contributed by atoms with van der Waals surface area (Å²) in [4.78, 5) is 45.0. The van der Waals surface area contributed by atoms with Crippen LogP contribution in [0.2, 0.25) is 0 Å². The first kappa shape index (κ1) is 26.4. The van der Waals surface area contributed by atoms with E-state index in [9.17, 15) is 14.4 Å². The molecule has 3 aromatic rings. The molecule has 1 saturated heterocycles. The first-order valence-corrected chi connectivity index (χ1v) is 13.6. The molecule has 10 heteroatoms. The van der Waals surface area contributed by atoms with Crippen LogP contribution >= 0.6 is 11.3 Å². The molecule has 0 spiro atoms. The van der Waals surface area contributed by atoms with Crippen molar-refractivity contribution in [2.45, 2.75) is 31.7 Å². The van der Waals surface area contributed by atoms with Gasteiger partial charge in [-0.15, -0.1) is 11.3 Å². The number of nitrogens with one attached hydrogen (secondary N) is 1. The van der Waals surface area contributed by atoms with Gasteiger partial charge in [0.05, 0.1) is 38.1 Å². The van der Waals surface area contributed by atoms with Gasteiger partial charge >= 0.3 is 5.97 Å². The Balaban J connectivity index is 1.13. The van der Waals surface area contributed by atoms with Gasteiger partial charge in [0.2, 0.25) is 5.91 Å². The Labute approximate surface area is 230 Å². The number of methoxy groups -OCH3 is 2. The number of benzene rings is 2. The van der Waals surface area contributed by atoms with Crippen molar-refractivity contribution in [1.29, 1.82) is 0 Å². The molecule has 1 N–H and O–H groups in total. The second-order valence-electron chi connectivity index (χ2n) is 9.24. The Bertz CT molecular complexity index is 1410. The zero-order valence-electron chi connectivity index (χ0n) is 21.8. The quantitative estimate of drug-likeness (QED) is 0.287. The Morgan fingerprint density at radius 2 is 1.92 bits per heavy atom. The number of hydrogen-bond acceptors (Lipinski definition) is 8. The highest BCUT2D eigenvalue weighted by Crippen LogP contribution is 2.38. The van der Waals surface area contributed by atoms with Crippen LogP contribution in [0.3, 0.4) is 0 Å². The fourth-order valence-corrected chi connectivity index (χ4v) is 5.61. The van der Waals surface area contributed by atoms with E-state index in [-0.39, 0.29) is 30.2 Å². The van der Waals surface area contributed by atoms with Crippen LogP contribution in [0.4, 0.5) is 11.4 Å². The van der Waals surface area contributed by atoms with Crippen molar-refractivity contribution in [2.24, 2.45) is 4.99 Å². The molecule has 1 aromatic heterocycles. The molecule has 0 unspecified atom stereocenters. The van der Waals surface area contributed by atoms with Gasteiger partial charge in [-0.3, -0.25) is 14.6 Å². The second kappa shape index (κ2) is 11.7. The number of ether oxygens (including phenoxy) is 3. The Hall–Kier alpha value is -4.18. The highest BCUT2D eigenvalue weighted by atomic mass is 32.1. The van der Waals surface area contributed by atoms with E-state index in [4.69, 9.17) is 14.2 Å². The van der Waals surface area contributed by atoms with Gasteiger partial charge in [-0.1, -0.05) is 12.1 Å². The number of thiophene rings is 1. The number of hydrogen-bond donors (Lipinski definition) is 1. The summed E-state index contributed by atoms with van der Waals surface area (Å²) in [5.74, 6) is 0.427. The maximum atomic E-state index is 13.0. The lowest BCUT2D eigenvalue weighted by molar-refractivity contribution is -0.116. The summed E-state index contributed by atoms with van der Waals surface area (Å²) in [7, 11) is 2.89. The number of rotatable bonds is 9. The minimum atomic E-state index is -0.358. The molecule has 5 rings (SSSR count). The Kier molecular flexibility index (Phi) is 7.92. The zero-order valence-corrected chi connectivity index (χ0v) is 22.6. The number of nitrogens with zero attached hydrogens (tertiary/aromatic N) is 2. The average molecular weight is 548 g/mol. The van der Waals surface area contributed by atoms with Gasteiger partial charge in [0.25, 0.3) is 5.91 Å². The molecule has 2 aliphatic heterocycles. The molecule has 39 heavy (non-hydrogen) atoms. The maximum absolute atomic E-state index is 13.0. The number of carbonyl (C=O) groups is 3. The van der Waals surface area contributed by atoms with E-state index >= 15 is 0 Å². The summed E-state index contributed by atoms with van der Waals surface area (Å²) in [6, 6.07) is 14.5. The van der Waals surface area contributed by atoms with Gasteiger partial charge in [-0.05, 0) is 55.2 Å². The number of fused-ring (bicyclic) bond motifs is 2. The Morgan fingerprint density at radius 1 is 1.10 bits per heavy atom. The molecule has 0 bridgehead atoms. The highest BCUT2D eigenvalue weighted by Gasteiger charge is 2.32. The van der Waals surface area contributed by atoms with Crippen molar-refractivity contribution < 1.29 is 28.6 Å². The first-order chi connectivity index (χ1) is 19.0. The molecule has 1 fully saturated rings. The Morgan fingerprint density at radius 3 is 2.69 bits per heavy atom. The van der Waals surface area contributed by atoms with Crippen molar-refractivity contribution in [3.8, 4) is 21.9 Å². The van der Waals surface area contributed by atoms with Gasteiger partial charge in [0.15, 0.2) is 11.5 Å². The topological polar surface area (TPSA) is 107 Å². The van der Waals surface area contributed by atoms with Gasteiger partial charge in [-0.25, -0.2) is 4.79 Å². The largest absolute Gasteiger partial charge is 0.493 e.